The van der Waals surface area contributed by atoms with E-state index in [1.165, 1.54) is 36.0 Å². The van der Waals surface area contributed by atoms with Gasteiger partial charge in [-0.15, -0.1) is 24.9 Å². The van der Waals surface area contributed by atoms with Crippen molar-refractivity contribution in [1.29, 1.82) is 0 Å². The molecule has 0 unspecified atom stereocenters. The van der Waals surface area contributed by atoms with Crippen LogP contribution in [-0.4, -0.2) is 23.5 Å². The number of nitrogens with one attached hydrogen (secondary N) is 1. The molecule has 0 saturated carbocycles. The number of rotatable bonds is 6. The first kappa shape index (κ1) is 20.5. The molecule has 1 aromatic heterocycles. The van der Waals surface area contributed by atoms with E-state index >= 15 is 0 Å². The number of thioether (sulfide) groups is 1. The van der Waals surface area contributed by atoms with Crippen molar-refractivity contribution in [2.45, 2.75) is 11.3 Å². The van der Waals surface area contributed by atoms with Crippen LogP contribution in [0.5, 0.6) is 5.75 Å². The van der Waals surface area contributed by atoms with Crippen LogP contribution in [0.1, 0.15) is 10.4 Å². The molecule has 0 saturated heterocycles. The first-order valence-electron chi connectivity index (χ1n) is 8.33. The summed E-state index contributed by atoms with van der Waals surface area (Å²) in [7, 11) is 0. The van der Waals surface area contributed by atoms with Gasteiger partial charge in [0.1, 0.15) is 11.6 Å². The normalized spacial score (nSPS) is 11.2. The standard InChI is InChI=1S/C20H16F3N3O2S/c1-29-16-10-11-17(25-14-6-2-13(3-7-14)19(24)27)26-18(16)12-4-8-15(9-5-12)28-20(21,22)23/h2-11H,1H3,(H2,24,27)(H,25,26). The molecule has 0 bridgehead atoms. The minimum Gasteiger partial charge on any atom is -0.406 e. The summed E-state index contributed by atoms with van der Waals surface area (Å²) in [5, 5.41) is 3.13. The second kappa shape index (κ2) is 8.44. The van der Waals surface area contributed by atoms with E-state index < -0.39 is 12.3 Å². The second-order valence-corrected chi connectivity index (χ2v) is 6.73. The predicted molar refractivity (Wildman–Crippen MR) is 106 cm³/mol. The van der Waals surface area contributed by atoms with Crippen molar-refractivity contribution < 1.29 is 22.7 Å². The summed E-state index contributed by atoms with van der Waals surface area (Å²) in [5.74, 6) is -0.268. The van der Waals surface area contributed by atoms with E-state index in [2.05, 4.69) is 15.0 Å². The summed E-state index contributed by atoms with van der Waals surface area (Å²) < 4.78 is 40.9. The zero-order valence-corrected chi connectivity index (χ0v) is 16.0. The zero-order chi connectivity index (χ0) is 21.0. The number of aromatic nitrogens is 1. The lowest BCUT2D eigenvalue weighted by Crippen LogP contribution is -2.16. The van der Waals surface area contributed by atoms with Crippen LogP contribution in [0.4, 0.5) is 24.7 Å². The van der Waals surface area contributed by atoms with Crippen LogP contribution in [-0.2, 0) is 0 Å². The molecule has 3 aromatic rings. The molecule has 0 atom stereocenters. The number of alkyl halides is 3. The van der Waals surface area contributed by atoms with Crippen LogP contribution >= 0.6 is 11.8 Å². The molecular formula is C20H16F3N3O2S. The third kappa shape index (κ3) is 5.41. The lowest BCUT2D eigenvalue weighted by molar-refractivity contribution is -0.274. The van der Waals surface area contributed by atoms with Crippen LogP contribution in [0, 0.1) is 0 Å². The molecule has 2 aromatic carbocycles. The third-order valence-electron chi connectivity index (χ3n) is 3.88. The topological polar surface area (TPSA) is 77.2 Å². The largest absolute Gasteiger partial charge is 0.573 e. The minimum absolute atomic E-state index is 0.296. The monoisotopic (exact) mass is 419 g/mol. The first-order chi connectivity index (χ1) is 13.7. The highest BCUT2D eigenvalue weighted by atomic mass is 32.2. The maximum absolute atomic E-state index is 12.3. The number of amides is 1. The molecule has 0 fully saturated rings. The van der Waals surface area contributed by atoms with Crippen molar-refractivity contribution in [2.24, 2.45) is 5.73 Å². The number of hydrogen-bond acceptors (Lipinski definition) is 5. The zero-order valence-electron chi connectivity index (χ0n) is 15.2. The highest BCUT2D eigenvalue weighted by molar-refractivity contribution is 7.98. The molecule has 0 spiro atoms. The maximum Gasteiger partial charge on any atom is 0.573 e. The van der Waals surface area contributed by atoms with Gasteiger partial charge in [-0.2, -0.15) is 0 Å². The number of carbonyl (C=O) groups is 1. The van der Waals surface area contributed by atoms with Crippen LogP contribution in [0.3, 0.4) is 0 Å². The van der Waals surface area contributed by atoms with Crippen molar-refractivity contribution in [3.05, 3.63) is 66.2 Å². The Bertz CT molecular complexity index is 1010. The molecule has 0 aliphatic rings. The van der Waals surface area contributed by atoms with Gasteiger partial charge in [-0.25, -0.2) is 4.98 Å². The molecule has 0 aliphatic heterocycles. The second-order valence-electron chi connectivity index (χ2n) is 5.89. The van der Waals surface area contributed by atoms with Gasteiger partial charge >= 0.3 is 6.36 Å². The fourth-order valence-corrected chi connectivity index (χ4v) is 3.13. The fourth-order valence-electron chi connectivity index (χ4n) is 2.57. The number of hydrogen-bond donors (Lipinski definition) is 2. The van der Waals surface area contributed by atoms with Gasteiger partial charge in [0.25, 0.3) is 0 Å². The van der Waals surface area contributed by atoms with Crippen molar-refractivity contribution in [1.82, 2.24) is 4.98 Å². The molecule has 9 heteroatoms. The van der Waals surface area contributed by atoms with Crippen LogP contribution in [0.2, 0.25) is 0 Å². The van der Waals surface area contributed by atoms with E-state index in [9.17, 15) is 18.0 Å². The van der Waals surface area contributed by atoms with E-state index in [4.69, 9.17) is 5.73 Å². The average molecular weight is 419 g/mol. The molecular weight excluding hydrogens is 403 g/mol. The maximum atomic E-state index is 12.3. The SMILES string of the molecule is CSc1ccc(Nc2ccc(C(N)=O)cc2)nc1-c1ccc(OC(F)(F)F)cc1. The molecule has 150 valence electrons. The molecule has 1 heterocycles. The Balaban J connectivity index is 1.86. The molecule has 5 nitrogen and oxygen atoms in total. The van der Waals surface area contributed by atoms with Crippen molar-refractivity contribution in [3.63, 3.8) is 0 Å². The highest BCUT2D eigenvalue weighted by Crippen LogP contribution is 2.32. The fraction of sp³-hybridized carbons (Fsp3) is 0.100. The third-order valence-corrected chi connectivity index (χ3v) is 4.65. The molecule has 3 N–H and O–H groups in total. The number of ether oxygens (including phenoxy) is 1. The van der Waals surface area contributed by atoms with Gasteiger partial charge in [0.05, 0.1) is 5.69 Å². The first-order valence-corrected chi connectivity index (χ1v) is 9.56. The molecule has 29 heavy (non-hydrogen) atoms. The smallest absolute Gasteiger partial charge is 0.406 e. The van der Waals surface area contributed by atoms with Crippen LogP contribution < -0.4 is 15.8 Å². The Morgan fingerprint density at radius 2 is 1.69 bits per heavy atom. The number of benzene rings is 2. The van der Waals surface area contributed by atoms with E-state index in [-0.39, 0.29) is 5.75 Å². The summed E-state index contributed by atoms with van der Waals surface area (Å²) in [4.78, 5) is 16.6. The summed E-state index contributed by atoms with van der Waals surface area (Å²) >= 11 is 1.47. The van der Waals surface area contributed by atoms with E-state index in [0.29, 0.717) is 28.3 Å². The van der Waals surface area contributed by atoms with Gasteiger partial charge in [0, 0.05) is 21.7 Å². The number of carbonyl (C=O) groups excluding carboxylic acids is 1. The highest BCUT2D eigenvalue weighted by Gasteiger charge is 2.31. The number of pyridine rings is 1. The lowest BCUT2D eigenvalue weighted by atomic mass is 10.1. The van der Waals surface area contributed by atoms with Gasteiger partial charge in [0.15, 0.2) is 0 Å². The van der Waals surface area contributed by atoms with Gasteiger partial charge in [-0.1, -0.05) is 0 Å². The molecule has 0 radical (unpaired) electrons. The molecule has 1 amide bonds. The lowest BCUT2D eigenvalue weighted by Gasteiger charge is -2.12. The van der Waals surface area contributed by atoms with Crippen molar-refractivity contribution in [3.8, 4) is 17.0 Å². The molecule has 0 aliphatic carbocycles. The number of halogens is 3. The van der Waals surface area contributed by atoms with Gasteiger partial charge in [-0.3, -0.25) is 4.79 Å². The van der Waals surface area contributed by atoms with E-state index in [1.54, 1.807) is 30.3 Å². The van der Waals surface area contributed by atoms with Gasteiger partial charge in [-0.05, 0) is 66.9 Å². The predicted octanol–water partition coefficient (Wildman–Crippen LogP) is 5.21. The summed E-state index contributed by atoms with van der Waals surface area (Å²) in [6.07, 6.45) is -2.85. The molecule has 3 rings (SSSR count). The Hall–Kier alpha value is -3.20. The van der Waals surface area contributed by atoms with E-state index in [0.717, 1.165) is 4.90 Å². The quantitative estimate of drug-likeness (QED) is 0.536. The van der Waals surface area contributed by atoms with Gasteiger partial charge < -0.3 is 15.8 Å². The Morgan fingerprint density at radius 1 is 1.03 bits per heavy atom. The number of nitrogens with zero attached hydrogens (tertiary/aromatic N) is 1. The number of anilines is 2. The Kier molecular flexibility index (Phi) is 5.97. The minimum atomic E-state index is -4.74. The number of nitrogens with two attached hydrogens (primary N) is 1. The van der Waals surface area contributed by atoms with Crippen LogP contribution in [0.25, 0.3) is 11.3 Å². The summed E-state index contributed by atoms with van der Waals surface area (Å²) in [6.45, 7) is 0. The summed E-state index contributed by atoms with van der Waals surface area (Å²) in [5.41, 5.74) is 7.60. The van der Waals surface area contributed by atoms with Crippen molar-refractivity contribution in [2.75, 3.05) is 11.6 Å². The average Bonchev–Trinajstić information content (AvgIpc) is 2.68. The summed E-state index contributed by atoms with van der Waals surface area (Å²) in [6, 6.07) is 15.8. The number of primary amides is 1. The van der Waals surface area contributed by atoms with E-state index in [1.807, 2.05) is 12.3 Å². The van der Waals surface area contributed by atoms with Crippen LogP contribution in [0.15, 0.2) is 65.6 Å². The van der Waals surface area contributed by atoms with Gasteiger partial charge in [0.2, 0.25) is 5.91 Å². The Morgan fingerprint density at radius 3 is 2.24 bits per heavy atom. The van der Waals surface area contributed by atoms with Crippen molar-refractivity contribution >= 4 is 29.2 Å². The Labute approximate surface area is 169 Å².